The standard InChI is InChI=1S/C27H35NO7/c1-26(2,3)34-23(29)18-32-21-14-12-19(13-15-21)16-22(24(30)28-35-27(4,5)6)25(31)33-17-20-10-8-7-9-11-20/h7-15,22H,16-18H2,1-6H3,(H,28,30)/t22-/m0/s1. The predicted molar refractivity (Wildman–Crippen MR) is 130 cm³/mol. The molecule has 0 radical (unpaired) electrons. The molecule has 2 aromatic carbocycles. The lowest BCUT2D eigenvalue weighted by Crippen LogP contribution is -2.41. The Morgan fingerprint density at radius 2 is 1.46 bits per heavy atom. The molecule has 2 rings (SSSR count). The Hall–Kier alpha value is -3.39. The molecule has 1 N–H and O–H groups in total. The van der Waals surface area contributed by atoms with Crippen LogP contribution < -0.4 is 10.2 Å². The maximum absolute atomic E-state index is 12.8. The number of hydrogen-bond donors (Lipinski definition) is 1. The van der Waals surface area contributed by atoms with Gasteiger partial charge in [-0.15, -0.1) is 0 Å². The summed E-state index contributed by atoms with van der Waals surface area (Å²) >= 11 is 0. The lowest BCUT2D eigenvalue weighted by atomic mass is 9.98. The van der Waals surface area contributed by atoms with Crippen LogP contribution in [0.4, 0.5) is 0 Å². The molecule has 0 aliphatic rings. The van der Waals surface area contributed by atoms with Gasteiger partial charge in [-0.05, 0) is 71.2 Å². The Bertz CT molecular complexity index is 973. The zero-order chi connectivity index (χ0) is 26.1. The number of esters is 2. The zero-order valence-electron chi connectivity index (χ0n) is 21.3. The van der Waals surface area contributed by atoms with Crippen LogP contribution in [0.3, 0.4) is 0 Å². The molecule has 0 aliphatic heterocycles. The lowest BCUT2D eigenvalue weighted by Gasteiger charge is -2.22. The fourth-order valence-electron chi connectivity index (χ4n) is 2.86. The number of nitrogens with one attached hydrogen (secondary N) is 1. The number of benzene rings is 2. The van der Waals surface area contributed by atoms with Crippen LogP contribution in [0.1, 0.15) is 52.7 Å². The van der Waals surface area contributed by atoms with Crippen molar-refractivity contribution in [3.8, 4) is 5.75 Å². The topological polar surface area (TPSA) is 100 Å². The van der Waals surface area contributed by atoms with E-state index in [1.807, 2.05) is 30.3 Å². The van der Waals surface area contributed by atoms with Crippen molar-refractivity contribution < 1.29 is 33.4 Å². The molecule has 0 saturated heterocycles. The molecule has 190 valence electrons. The van der Waals surface area contributed by atoms with E-state index in [1.165, 1.54) is 0 Å². The second-order valence-corrected chi connectivity index (χ2v) is 10.0. The Morgan fingerprint density at radius 1 is 0.829 bits per heavy atom. The first-order valence-electron chi connectivity index (χ1n) is 11.4. The van der Waals surface area contributed by atoms with Crippen LogP contribution in [-0.2, 0) is 41.7 Å². The van der Waals surface area contributed by atoms with Crippen LogP contribution in [0.15, 0.2) is 54.6 Å². The predicted octanol–water partition coefficient (Wildman–Crippen LogP) is 4.16. The van der Waals surface area contributed by atoms with Gasteiger partial charge < -0.3 is 14.2 Å². The SMILES string of the molecule is CC(C)(C)ONC(=O)[C@H](Cc1ccc(OCC(=O)OC(C)(C)C)cc1)C(=O)OCc1ccccc1. The van der Waals surface area contributed by atoms with Crippen molar-refractivity contribution in [2.24, 2.45) is 5.92 Å². The van der Waals surface area contributed by atoms with Crippen LogP contribution in [-0.4, -0.2) is 35.7 Å². The van der Waals surface area contributed by atoms with Crippen LogP contribution in [0.25, 0.3) is 0 Å². The van der Waals surface area contributed by atoms with Gasteiger partial charge in [0, 0.05) is 0 Å². The fraction of sp³-hybridized carbons (Fsp3) is 0.444. The van der Waals surface area contributed by atoms with Gasteiger partial charge >= 0.3 is 11.9 Å². The summed E-state index contributed by atoms with van der Waals surface area (Å²) in [5, 5.41) is 0. The van der Waals surface area contributed by atoms with Crippen molar-refractivity contribution in [1.29, 1.82) is 0 Å². The molecule has 35 heavy (non-hydrogen) atoms. The zero-order valence-corrected chi connectivity index (χ0v) is 21.3. The second-order valence-electron chi connectivity index (χ2n) is 10.0. The van der Waals surface area contributed by atoms with Gasteiger partial charge in [0.2, 0.25) is 0 Å². The maximum atomic E-state index is 12.8. The van der Waals surface area contributed by atoms with Crippen molar-refractivity contribution in [1.82, 2.24) is 5.48 Å². The van der Waals surface area contributed by atoms with Crippen LogP contribution in [0.5, 0.6) is 5.75 Å². The molecule has 1 amide bonds. The summed E-state index contributed by atoms with van der Waals surface area (Å²) in [4.78, 5) is 42.8. The molecule has 0 bridgehead atoms. The first-order valence-corrected chi connectivity index (χ1v) is 11.4. The molecule has 0 fully saturated rings. The fourth-order valence-corrected chi connectivity index (χ4v) is 2.86. The summed E-state index contributed by atoms with van der Waals surface area (Å²) in [7, 11) is 0. The third-order valence-corrected chi connectivity index (χ3v) is 4.42. The monoisotopic (exact) mass is 485 g/mol. The highest BCUT2D eigenvalue weighted by Gasteiger charge is 2.30. The van der Waals surface area contributed by atoms with Gasteiger partial charge in [0.25, 0.3) is 5.91 Å². The molecule has 8 heteroatoms. The van der Waals surface area contributed by atoms with Crippen molar-refractivity contribution in [3.63, 3.8) is 0 Å². The molecule has 0 aromatic heterocycles. The molecule has 0 heterocycles. The average Bonchev–Trinajstić information content (AvgIpc) is 2.78. The van der Waals surface area contributed by atoms with Crippen LogP contribution in [0, 0.1) is 5.92 Å². The quantitative estimate of drug-likeness (QED) is 0.306. The van der Waals surface area contributed by atoms with E-state index < -0.39 is 35.0 Å². The number of hydroxylamine groups is 1. The van der Waals surface area contributed by atoms with Gasteiger partial charge in [0.1, 0.15) is 23.9 Å². The molecule has 0 aliphatic carbocycles. The van der Waals surface area contributed by atoms with Crippen molar-refractivity contribution >= 4 is 17.8 Å². The molecular formula is C27H35NO7. The smallest absolute Gasteiger partial charge is 0.344 e. The molecule has 0 saturated carbocycles. The number of rotatable bonds is 10. The van der Waals surface area contributed by atoms with E-state index >= 15 is 0 Å². The molecular weight excluding hydrogens is 450 g/mol. The molecule has 2 aromatic rings. The van der Waals surface area contributed by atoms with E-state index in [2.05, 4.69) is 5.48 Å². The third-order valence-electron chi connectivity index (χ3n) is 4.42. The van der Waals surface area contributed by atoms with E-state index in [9.17, 15) is 14.4 Å². The van der Waals surface area contributed by atoms with E-state index in [-0.39, 0.29) is 19.6 Å². The Morgan fingerprint density at radius 3 is 2.03 bits per heavy atom. The summed E-state index contributed by atoms with van der Waals surface area (Å²) in [5.74, 6) is -2.38. The second kappa shape index (κ2) is 12.4. The van der Waals surface area contributed by atoms with Gasteiger partial charge in [0.15, 0.2) is 6.61 Å². The van der Waals surface area contributed by atoms with Gasteiger partial charge in [-0.25, -0.2) is 10.3 Å². The first kappa shape index (κ1) is 27.9. The van der Waals surface area contributed by atoms with Crippen LogP contribution in [0.2, 0.25) is 0 Å². The van der Waals surface area contributed by atoms with E-state index in [0.29, 0.717) is 11.3 Å². The maximum Gasteiger partial charge on any atom is 0.344 e. The van der Waals surface area contributed by atoms with E-state index in [4.69, 9.17) is 19.0 Å². The summed E-state index contributed by atoms with van der Waals surface area (Å²) in [6.07, 6.45) is 0.0965. The largest absolute Gasteiger partial charge is 0.482 e. The Balaban J connectivity index is 2.03. The minimum absolute atomic E-state index is 0.0566. The first-order chi connectivity index (χ1) is 16.3. The number of carbonyl (C=O) groups excluding carboxylic acids is 3. The van der Waals surface area contributed by atoms with Crippen LogP contribution >= 0.6 is 0 Å². The minimum Gasteiger partial charge on any atom is -0.482 e. The molecule has 0 unspecified atom stereocenters. The Labute approximate surface area is 206 Å². The summed E-state index contributed by atoms with van der Waals surface area (Å²) in [6.45, 7) is 10.5. The number of hydrogen-bond acceptors (Lipinski definition) is 7. The highest BCUT2D eigenvalue weighted by Crippen LogP contribution is 2.18. The van der Waals surface area contributed by atoms with Crippen molar-refractivity contribution in [2.75, 3.05) is 6.61 Å². The average molecular weight is 486 g/mol. The highest BCUT2D eigenvalue weighted by molar-refractivity contribution is 5.97. The van der Waals surface area contributed by atoms with E-state index in [0.717, 1.165) is 5.56 Å². The Kier molecular flexibility index (Phi) is 9.83. The minimum atomic E-state index is -1.12. The number of carbonyl (C=O) groups is 3. The third kappa shape index (κ3) is 11.1. The highest BCUT2D eigenvalue weighted by atomic mass is 16.7. The van der Waals surface area contributed by atoms with Gasteiger partial charge in [0.05, 0.1) is 5.60 Å². The number of ether oxygens (including phenoxy) is 3. The summed E-state index contributed by atoms with van der Waals surface area (Å²) in [6, 6.07) is 16.0. The lowest BCUT2D eigenvalue weighted by molar-refractivity contribution is -0.162. The molecule has 1 atom stereocenters. The normalized spacial score (nSPS) is 12.4. The number of amides is 1. The van der Waals surface area contributed by atoms with Gasteiger partial charge in [-0.3, -0.25) is 14.4 Å². The molecule has 8 nitrogen and oxygen atoms in total. The van der Waals surface area contributed by atoms with Crippen molar-refractivity contribution in [2.45, 2.75) is 65.8 Å². The summed E-state index contributed by atoms with van der Waals surface area (Å²) < 4.78 is 16.1. The van der Waals surface area contributed by atoms with Gasteiger partial charge in [-0.1, -0.05) is 42.5 Å². The van der Waals surface area contributed by atoms with Crippen molar-refractivity contribution in [3.05, 3.63) is 65.7 Å². The van der Waals surface area contributed by atoms with E-state index in [1.54, 1.807) is 65.8 Å². The molecule has 0 spiro atoms. The summed E-state index contributed by atoms with van der Waals surface area (Å²) in [5.41, 5.74) is 2.68. The van der Waals surface area contributed by atoms with Gasteiger partial charge in [-0.2, -0.15) is 0 Å².